The molecule has 0 saturated heterocycles. The highest BCUT2D eigenvalue weighted by Gasteiger charge is 2.15. The molecular weight excluding hydrogens is 370 g/mol. The first-order valence-electron chi connectivity index (χ1n) is 9.28. The Morgan fingerprint density at radius 3 is 2.79 bits per heavy atom. The summed E-state index contributed by atoms with van der Waals surface area (Å²) < 4.78 is 5.39. The van der Waals surface area contributed by atoms with E-state index in [-0.39, 0.29) is 11.6 Å². The third-order valence-electron chi connectivity index (χ3n) is 4.74. The van der Waals surface area contributed by atoms with Crippen molar-refractivity contribution >= 4 is 22.6 Å². The maximum atomic E-state index is 11.3. The number of rotatable bonds is 6. The van der Waals surface area contributed by atoms with E-state index >= 15 is 0 Å². The van der Waals surface area contributed by atoms with Crippen molar-refractivity contribution in [3.8, 4) is 11.5 Å². The van der Waals surface area contributed by atoms with Crippen LogP contribution >= 0.6 is 0 Å². The summed E-state index contributed by atoms with van der Waals surface area (Å²) in [6.45, 7) is 4.67. The van der Waals surface area contributed by atoms with Gasteiger partial charge in [0, 0.05) is 36.1 Å². The number of benzene rings is 2. The highest BCUT2D eigenvalue weighted by Crippen LogP contribution is 2.25. The van der Waals surface area contributed by atoms with Crippen molar-refractivity contribution < 1.29 is 14.4 Å². The lowest BCUT2D eigenvalue weighted by Gasteiger charge is -2.20. The minimum atomic E-state index is -1.05. The molecule has 0 aliphatic carbocycles. The van der Waals surface area contributed by atoms with Crippen LogP contribution in [0.5, 0.6) is 0 Å². The minimum absolute atomic E-state index is 0.0228. The normalized spacial score (nSPS) is 11.3. The molecule has 2 N–H and O–H groups in total. The fraction of sp³-hybridized carbons (Fsp3) is 0.238. The number of anilines is 1. The summed E-state index contributed by atoms with van der Waals surface area (Å²) in [7, 11) is 1.96. The number of hydrogen-bond acceptors (Lipinski definition) is 6. The molecule has 0 aliphatic rings. The Bertz CT molecular complexity index is 1180. The summed E-state index contributed by atoms with van der Waals surface area (Å²) in [6, 6.07) is 13.5. The number of H-pyrrole nitrogens is 1. The first-order chi connectivity index (χ1) is 13.9. The summed E-state index contributed by atoms with van der Waals surface area (Å²) >= 11 is 0. The van der Waals surface area contributed by atoms with E-state index < -0.39 is 5.97 Å². The van der Waals surface area contributed by atoms with Gasteiger partial charge in [0.25, 0.3) is 5.89 Å². The van der Waals surface area contributed by atoms with Crippen LogP contribution < -0.4 is 4.90 Å². The fourth-order valence-corrected chi connectivity index (χ4v) is 3.16. The lowest BCUT2D eigenvalue weighted by Crippen LogP contribution is -2.16. The summed E-state index contributed by atoms with van der Waals surface area (Å²) in [4.78, 5) is 17.8. The number of fused-ring (bicyclic) bond motifs is 1. The summed E-state index contributed by atoms with van der Waals surface area (Å²) in [5.74, 6) is 0.341. The third-order valence-corrected chi connectivity index (χ3v) is 4.74. The van der Waals surface area contributed by atoms with Crippen LogP contribution in [-0.4, -0.2) is 38.5 Å². The van der Waals surface area contributed by atoms with Crippen molar-refractivity contribution in [2.24, 2.45) is 0 Å². The molecule has 0 unspecified atom stereocenters. The molecule has 29 heavy (non-hydrogen) atoms. The van der Waals surface area contributed by atoms with E-state index in [2.05, 4.69) is 20.3 Å². The Kier molecular flexibility index (Phi) is 4.75. The monoisotopic (exact) mass is 391 g/mol. The zero-order valence-electron chi connectivity index (χ0n) is 16.4. The molecule has 2 heterocycles. The zero-order chi connectivity index (χ0) is 20.5. The molecule has 4 aromatic rings. The number of hydrogen-bond donors (Lipinski definition) is 2. The second kappa shape index (κ2) is 7.38. The molecule has 4 rings (SSSR count). The largest absolute Gasteiger partial charge is 0.476 e. The first-order valence-corrected chi connectivity index (χ1v) is 9.28. The van der Waals surface area contributed by atoms with Crippen molar-refractivity contribution in [1.82, 2.24) is 20.3 Å². The maximum absolute atomic E-state index is 11.3. The fourth-order valence-electron chi connectivity index (χ4n) is 3.16. The highest BCUT2D eigenvalue weighted by molar-refractivity contribution is 6.01. The Morgan fingerprint density at radius 1 is 1.24 bits per heavy atom. The van der Waals surface area contributed by atoms with Crippen LogP contribution in [0.2, 0.25) is 0 Å². The van der Waals surface area contributed by atoms with Crippen LogP contribution in [0.4, 0.5) is 5.69 Å². The predicted molar refractivity (Wildman–Crippen MR) is 109 cm³/mol. The topological polar surface area (TPSA) is 108 Å². The molecular formula is C21H21N5O3. The van der Waals surface area contributed by atoms with E-state index in [4.69, 9.17) is 4.52 Å². The Balaban J connectivity index is 1.58. The van der Waals surface area contributed by atoms with Gasteiger partial charge >= 0.3 is 5.97 Å². The van der Waals surface area contributed by atoms with Gasteiger partial charge in [0.05, 0.1) is 5.52 Å². The number of aromatic amines is 1. The van der Waals surface area contributed by atoms with Crippen LogP contribution in [-0.2, 0) is 6.54 Å². The van der Waals surface area contributed by atoms with E-state index in [9.17, 15) is 9.90 Å². The van der Waals surface area contributed by atoms with Crippen LogP contribution in [0.3, 0.4) is 0 Å². The van der Waals surface area contributed by atoms with Gasteiger partial charge in [-0.2, -0.15) is 10.1 Å². The molecule has 0 bridgehead atoms. The SMILES string of the molecule is CC(C)c1noc(-c2cccc(CN(C)c3ccc4[nH]nc(C(=O)O)c4c3)c2)n1. The predicted octanol–water partition coefficient (Wildman–Crippen LogP) is 4.07. The lowest BCUT2D eigenvalue weighted by molar-refractivity contribution is 0.0692. The lowest BCUT2D eigenvalue weighted by atomic mass is 10.1. The van der Waals surface area contributed by atoms with Gasteiger partial charge in [0.2, 0.25) is 0 Å². The Hall–Kier alpha value is -3.68. The van der Waals surface area contributed by atoms with Gasteiger partial charge in [0.1, 0.15) is 0 Å². The summed E-state index contributed by atoms with van der Waals surface area (Å²) in [5.41, 5.74) is 3.55. The Morgan fingerprint density at radius 2 is 2.07 bits per heavy atom. The molecule has 0 aliphatic heterocycles. The van der Waals surface area contributed by atoms with E-state index in [1.165, 1.54) is 0 Å². The molecule has 0 fully saturated rings. The number of carboxylic acid groups (broad SMARTS) is 1. The number of carbonyl (C=O) groups is 1. The third kappa shape index (κ3) is 3.69. The van der Waals surface area contributed by atoms with Gasteiger partial charge in [-0.1, -0.05) is 31.1 Å². The van der Waals surface area contributed by atoms with E-state index in [1.54, 1.807) is 0 Å². The molecule has 8 heteroatoms. The highest BCUT2D eigenvalue weighted by atomic mass is 16.5. The number of aromatic carboxylic acids is 1. The first kappa shape index (κ1) is 18.7. The van der Waals surface area contributed by atoms with Gasteiger partial charge in [-0.05, 0) is 35.9 Å². The standard InChI is InChI=1S/C21H21N5O3/c1-12(2)19-22-20(29-25-19)14-6-4-5-13(9-14)11-26(3)15-7-8-17-16(10-15)18(21(27)28)24-23-17/h4-10,12H,11H2,1-3H3,(H,23,24)(H,27,28). The molecule has 0 spiro atoms. The van der Waals surface area contributed by atoms with E-state index in [0.29, 0.717) is 29.2 Å². The molecule has 0 atom stereocenters. The quantitative estimate of drug-likeness (QED) is 0.510. The van der Waals surface area contributed by atoms with Crippen LogP contribution in [0, 0.1) is 0 Å². The van der Waals surface area contributed by atoms with Crippen LogP contribution in [0.15, 0.2) is 47.0 Å². The van der Waals surface area contributed by atoms with Gasteiger partial charge in [0.15, 0.2) is 11.5 Å². The minimum Gasteiger partial charge on any atom is -0.476 e. The van der Waals surface area contributed by atoms with E-state index in [1.807, 2.05) is 68.3 Å². The van der Waals surface area contributed by atoms with Crippen molar-refractivity contribution in [2.45, 2.75) is 26.3 Å². The van der Waals surface area contributed by atoms with Crippen molar-refractivity contribution in [2.75, 3.05) is 11.9 Å². The molecule has 8 nitrogen and oxygen atoms in total. The molecule has 2 aromatic carbocycles. The summed E-state index contributed by atoms with van der Waals surface area (Å²) in [6.07, 6.45) is 0. The van der Waals surface area contributed by atoms with Gasteiger partial charge < -0.3 is 14.5 Å². The smallest absolute Gasteiger partial charge is 0.357 e. The van der Waals surface area contributed by atoms with Crippen molar-refractivity contribution in [3.05, 3.63) is 59.5 Å². The number of nitrogens with one attached hydrogen (secondary N) is 1. The van der Waals surface area contributed by atoms with Crippen molar-refractivity contribution in [3.63, 3.8) is 0 Å². The molecule has 0 radical (unpaired) electrons. The number of nitrogens with zero attached hydrogens (tertiary/aromatic N) is 4. The van der Waals surface area contributed by atoms with Gasteiger partial charge in [-0.15, -0.1) is 0 Å². The second-order valence-corrected chi connectivity index (χ2v) is 7.28. The maximum Gasteiger partial charge on any atom is 0.357 e. The molecule has 0 amide bonds. The van der Waals surface area contributed by atoms with Crippen molar-refractivity contribution in [1.29, 1.82) is 0 Å². The number of aromatic nitrogens is 4. The van der Waals surface area contributed by atoms with Crippen LogP contribution in [0.25, 0.3) is 22.4 Å². The Labute approximate surface area is 167 Å². The van der Waals surface area contributed by atoms with Gasteiger partial charge in [-0.3, -0.25) is 5.10 Å². The zero-order valence-corrected chi connectivity index (χ0v) is 16.4. The molecule has 2 aromatic heterocycles. The molecule has 0 saturated carbocycles. The van der Waals surface area contributed by atoms with E-state index in [0.717, 1.165) is 16.8 Å². The summed E-state index contributed by atoms with van der Waals surface area (Å²) in [5, 5.41) is 20.5. The molecule has 148 valence electrons. The average Bonchev–Trinajstić information content (AvgIpc) is 3.35. The van der Waals surface area contributed by atoms with Gasteiger partial charge in [-0.25, -0.2) is 4.79 Å². The van der Waals surface area contributed by atoms with Crippen LogP contribution in [0.1, 0.15) is 41.6 Å². The average molecular weight is 391 g/mol. The second-order valence-electron chi connectivity index (χ2n) is 7.28. The number of carboxylic acids is 1.